The highest BCUT2D eigenvalue weighted by atomic mass is 14.8. The minimum Gasteiger partial charge on any atom is -0.325 e. The first kappa shape index (κ1) is 8.14. The lowest BCUT2D eigenvalue weighted by Crippen LogP contribution is -2.01. The predicted molar refractivity (Wildman–Crippen MR) is 43.9 cm³/mol. The van der Waals surface area contributed by atoms with E-state index in [0.717, 1.165) is 24.2 Å². The van der Waals surface area contributed by atoms with Crippen LogP contribution < -0.4 is 5.73 Å². The Morgan fingerprint density at radius 3 is 2.73 bits per heavy atom. The Labute approximate surface area is 66.7 Å². The molecule has 0 spiro atoms. The van der Waals surface area contributed by atoms with Crippen LogP contribution in [0, 0.1) is 0 Å². The van der Waals surface area contributed by atoms with E-state index in [1.54, 1.807) is 6.33 Å². The molecule has 0 atom stereocenters. The Morgan fingerprint density at radius 1 is 1.36 bits per heavy atom. The molecule has 1 aromatic rings. The second-order valence-corrected chi connectivity index (χ2v) is 2.45. The Balaban J connectivity index is 2.74. The van der Waals surface area contributed by atoms with Crippen molar-refractivity contribution in [1.82, 2.24) is 9.97 Å². The van der Waals surface area contributed by atoms with E-state index in [0.29, 0.717) is 6.54 Å². The van der Waals surface area contributed by atoms with Crippen LogP contribution in [0.1, 0.15) is 24.7 Å². The van der Waals surface area contributed by atoms with Crippen LogP contribution in [-0.2, 0) is 13.0 Å². The van der Waals surface area contributed by atoms with Gasteiger partial charge < -0.3 is 5.73 Å². The fourth-order valence-corrected chi connectivity index (χ4v) is 0.949. The predicted octanol–water partition coefficient (Wildman–Crippen LogP) is 0.888. The molecule has 11 heavy (non-hydrogen) atoms. The highest BCUT2D eigenvalue weighted by molar-refractivity contribution is 5.07. The zero-order valence-electron chi connectivity index (χ0n) is 6.75. The van der Waals surface area contributed by atoms with Crippen LogP contribution in [0.3, 0.4) is 0 Å². The molecule has 0 aliphatic heterocycles. The molecule has 60 valence electrons. The van der Waals surface area contributed by atoms with Gasteiger partial charge in [-0.15, -0.1) is 0 Å². The minimum absolute atomic E-state index is 0.499. The first-order valence-corrected chi connectivity index (χ1v) is 3.86. The summed E-state index contributed by atoms with van der Waals surface area (Å²) in [5.41, 5.74) is 7.43. The average Bonchev–Trinajstić information content (AvgIpc) is 2.06. The molecule has 0 amide bonds. The minimum atomic E-state index is 0.499. The Hall–Kier alpha value is -0.960. The van der Waals surface area contributed by atoms with Crippen molar-refractivity contribution in [3.63, 3.8) is 0 Å². The van der Waals surface area contributed by atoms with Crippen LogP contribution in [0.5, 0.6) is 0 Å². The summed E-state index contributed by atoms with van der Waals surface area (Å²) in [7, 11) is 0. The molecule has 1 rings (SSSR count). The fraction of sp³-hybridized carbons (Fsp3) is 0.500. The van der Waals surface area contributed by atoms with Crippen molar-refractivity contribution in [2.24, 2.45) is 5.73 Å². The number of aromatic nitrogens is 2. The van der Waals surface area contributed by atoms with Gasteiger partial charge in [0, 0.05) is 12.2 Å². The summed E-state index contributed by atoms with van der Waals surface area (Å²) in [6.07, 6.45) is 3.70. The highest BCUT2D eigenvalue weighted by Gasteiger charge is 1.94. The smallest absolute Gasteiger partial charge is 0.115 e. The van der Waals surface area contributed by atoms with Crippen molar-refractivity contribution in [1.29, 1.82) is 0 Å². The van der Waals surface area contributed by atoms with E-state index in [1.807, 2.05) is 6.07 Å². The van der Waals surface area contributed by atoms with Gasteiger partial charge in [-0.2, -0.15) is 0 Å². The Morgan fingerprint density at radius 2 is 2.09 bits per heavy atom. The average molecular weight is 151 g/mol. The molecule has 0 fully saturated rings. The molecule has 1 heterocycles. The third-order valence-corrected chi connectivity index (χ3v) is 1.50. The van der Waals surface area contributed by atoms with Gasteiger partial charge >= 0.3 is 0 Å². The first-order valence-electron chi connectivity index (χ1n) is 3.86. The molecule has 2 N–H and O–H groups in total. The number of aryl methyl sites for hydroxylation is 1. The lowest BCUT2D eigenvalue weighted by molar-refractivity contribution is 0.851. The van der Waals surface area contributed by atoms with Gasteiger partial charge in [0.05, 0.1) is 5.69 Å². The maximum Gasteiger partial charge on any atom is 0.115 e. The van der Waals surface area contributed by atoms with Gasteiger partial charge in [0.2, 0.25) is 0 Å². The lowest BCUT2D eigenvalue weighted by atomic mass is 10.2. The van der Waals surface area contributed by atoms with E-state index in [9.17, 15) is 0 Å². The van der Waals surface area contributed by atoms with Crippen LogP contribution in [0.2, 0.25) is 0 Å². The lowest BCUT2D eigenvalue weighted by Gasteiger charge is -1.98. The molecule has 0 aromatic carbocycles. The number of nitrogens with two attached hydrogens (primary N) is 1. The van der Waals surface area contributed by atoms with Gasteiger partial charge in [-0.1, -0.05) is 13.3 Å². The van der Waals surface area contributed by atoms with Gasteiger partial charge in [-0.25, -0.2) is 9.97 Å². The summed E-state index contributed by atoms with van der Waals surface area (Å²) in [6.45, 7) is 2.63. The standard InChI is InChI=1S/C8H13N3/c1-2-3-7-4-8(5-9)11-6-10-7/h4,6H,2-3,5,9H2,1H3. The van der Waals surface area contributed by atoms with E-state index in [2.05, 4.69) is 16.9 Å². The van der Waals surface area contributed by atoms with Gasteiger partial charge in [0.25, 0.3) is 0 Å². The van der Waals surface area contributed by atoms with E-state index >= 15 is 0 Å². The molecule has 0 unspecified atom stereocenters. The highest BCUT2D eigenvalue weighted by Crippen LogP contribution is 1.99. The summed E-state index contributed by atoms with van der Waals surface area (Å²) >= 11 is 0. The topological polar surface area (TPSA) is 51.8 Å². The van der Waals surface area contributed by atoms with E-state index in [4.69, 9.17) is 5.73 Å². The third-order valence-electron chi connectivity index (χ3n) is 1.50. The first-order chi connectivity index (χ1) is 5.36. The van der Waals surface area contributed by atoms with Crippen molar-refractivity contribution in [2.45, 2.75) is 26.3 Å². The van der Waals surface area contributed by atoms with Crippen LogP contribution in [0.4, 0.5) is 0 Å². The quantitative estimate of drug-likeness (QED) is 0.698. The second-order valence-electron chi connectivity index (χ2n) is 2.45. The van der Waals surface area contributed by atoms with Crippen molar-refractivity contribution in [3.05, 3.63) is 23.8 Å². The number of nitrogens with zero attached hydrogens (tertiary/aromatic N) is 2. The molecule has 0 radical (unpaired) electrons. The van der Waals surface area contributed by atoms with Crippen molar-refractivity contribution < 1.29 is 0 Å². The van der Waals surface area contributed by atoms with E-state index in [1.165, 1.54) is 0 Å². The van der Waals surface area contributed by atoms with Crippen LogP contribution in [0.25, 0.3) is 0 Å². The van der Waals surface area contributed by atoms with Crippen LogP contribution in [0.15, 0.2) is 12.4 Å². The molecule has 0 aliphatic rings. The molecule has 1 aromatic heterocycles. The summed E-state index contributed by atoms with van der Waals surface area (Å²) in [4.78, 5) is 8.11. The van der Waals surface area contributed by atoms with Gasteiger partial charge in [0.15, 0.2) is 0 Å². The molecule has 3 nitrogen and oxygen atoms in total. The molecule has 3 heteroatoms. The van der Waals surface area contributed by atoms with E-state index in [-0.39, 0.29) is 0 Å². The maximum atomic E-state index is 5.42. The second kappa shape index (κ2) is 4.03. The summed E-state index contributed by atoms with van der Waals surface area (Å²) in [6, 6.07) is 1.96. The molecule has 0 bridgehead atoms. The van der Waals surface area contributed by atoms with Crippen LogP contribution in [-0.4, -0.2) is 9.97 Å². The Bertz CT molecular complexity index is 222. The third kappa shape index (κ3) is 2.27. The van der Waals surface area contributed by atoms with Gasteiger partial charge in [-0.05, 0) is 12.5 Å². The molecule has 0 saturated carbocycles. The molecule has 0 aliphatic carbocycles. The normalized spacial score (nSPS) is 10.0. The van der Waals surface area contributed by atoms with E-state index < -0.39 is 0 Å². The van der Waals surface area contributed by atoms with Crippen molar-refractivity contribution in [2.75, 3.05) is 0 Å². The Kier molecular flexibility index (Phi) is 2.98. The molecular weight excluding hydrogens is 138 g/mol. The monoisotopic (exact) mass is 151 g/mol. The van der Waals surface area contributed by atoms with Crippen molar-refractivity contribution in [3.8, 4) is 0 Å². The van der Waals surface area contributed by atoms with Gasteiger partial charge in [-0.3, -0.25) is 0 Å². The number of hydrogen-bond acceptors (Lipinski definition) is 3. The fourth-order valence-electron chi connectivity index (χ4n) is 0.949. The molecular formula is C8H13N3. The number of rotatable bonds is 3. The summed E-state index contributed by atoms with van der Waals surface area (Å²) in [5, 5.41) is 0. The molecule has 0 saturated heterocycles. The summed E-state index contributed by atoms with van der Waals surface area (Å²) < 4.78 is 0. The van der Waals surface area contributed by atoms with Crippen LogP contribution >= 0.6 is 0 Å². The van der Waals surface area contributed by atoms with Crippen molar-refractivity contribution >= 4 is 0 Å². The zero-order chi connectivity index (χ0) is 8.10. The zero-order valence-corrected chi connectivity index (χ0v) is 6.75. The largest absolute Gasteiger partial charge is 0.325 e. The van der Waals surface area contributed by atoms with Gasteiger partial charge in [0.1, 0.15) is 6.33 Å². The summed E-state index contributed by atoms with van der Waals surface area (Å²) in [5.74, 6) is 0. The SMILES string of the molecule is CCCc1cc(CN)ncn1. The maximum absolute atomic E-state index is 5.42. The number of hydrogen-bond donors (Lipinski definition) is 1.